The topological polar surface area (TPSA) is 97.9 Å². The minimum absolute atomic E-state index is 0.0822. The predicted molar refractivity (Wildman–Crippen MR) is 88.6 cm³/mol. The van der Waals surface area contributed by atoms with Gasteiger partial charge in [-0.05, 0) is 25.5 Å². The minimum atomic E-state index is -1.14. The van der Waals surface area contributed by atoms with E-state index in [9.17, 15) is 9.90 Å². The van der Waals surface area contributed by atoms with E-state index >= 15 is 0 Å². The summed E-state index contributed by atoms with van der Waals surface area (Å²) in [5.41, 5.74) is 3.04. The number of benzene rings is 1. The number of para-hydroxylation sites is 1. The summed E-state index contributed by atoms with van der Waals surface area (Å²) in [6.45, 7) is 4.75. The molecule has 124 valence electrons. The van der Waals surface area contributed by atoms with Crippen LogP contribution >= 0.6 is 0 Å². The van der Waals surface area contributed by atoms with E-state index in [1.54, 1.807) is 4.90 Å². The molecule has 1 unspecified atom stereocenters. The first-order chi connectivity index (χ1) is 11.5. The SMILES string of the molecule is Cc1[nH]c2c(C(=O)N3CCC(O)(c4cn[nH]n4)C3)cccc2c1C. The molecule has 1 amide bonds. The molecule has 3 N–H and O–H groups in total. The van der Waals surface area contributed by atoms with Gasteiger partial charge in [-0.25, -0.2) is 0 Å². The van der Waals surface area contributed by atoms with Crippen molar-refractivity contribution in [3.63, 3.8) is 0 Å². The van der Waals surface area contributed by atoms with Gasteiger partial charge in [-0.15, -0.1) is 0 Å². The lowest BCUT2D eigenvalue weighted by molar-refractivity contribution is 0.0382. The van der Waals surface area contributed by atoms with Crippen LogP contribution in [0, 0.1) is 13.8 Å². The summed E-state index contributed by atoms with van der Waals surface area (Å²) in [7, 11) is 0. The molecule has 1 aliphatic rings. The number of carbonyl (C=O) groups excluding carboxylic acids is 1. The number of β-amino-alcohol motifs (C(OH)–C–C–N with tert-alkyl or cyclic N) is 1. The summed E-state index contributed by atoms with van der Waals surface area (Å²) < 4.78 is 0. The standard InChI is InChI=1S/C17H19N5O2/c1-10-11(2)19-15-12(10)4-3-5-13(15)16(23)22-7-6-17(24,9-22)14-8-18-21-20-14/h3-5,8,19,24H,6-7,9H2,1-2H3,(H,18,20,21). The highest BCUT2D eigenvalue weighted by Gasteiger charge is 2.42. The molecule has 1 atom stereocenters. The largest absolute Gasteiger partial charge is 0.381 e. The van der Waals surface area contributed by atoms with Gasteiger partial charge in [-0.1, -0.05) is 12.1 Å². The third-order valence-corrected chi connectivity index (χ3v) is 5.00. The second kappa shape index (κ2) is 5.17. The number of hydrogen-bond acceptors (Lipinski definition) is 4. The lowest BCUT2D eigenvalue weighted by Gasteiger charge is -2.21. The van der Waals surface area contributed by atoms with Crippen molar-refractivity contribution in [1.82, 2.24) is 25.3 Å². The Balaban J connectivity index is 1.67. The fourth-order valence-electron chi connectivity index (χ4n) is 3.43. The van der Waals surface area contributed by atoms with E-state index in [4.69, 9.17) is 0 Å². The van der Waals surface area contributed by atoms with E-state index < -0.39 is 5.60 Å². The Morgan fingerprint density at radius 3 is 2.96 bits per heavy atom. The number of likely N-dealkylation sites (tertiary alicyclic amines) is 1. The number of carbonyl (C=O) groups is 1. The fourth-order valence-corrected chi connectivity index (χ4v) is 3.43. The molecule has 0 aliphatic carbocycles. The number of H-pyrrole nitrogens is 2. The molecule has 1 fully saturated rings. The average molecular weight is 325 g/mol. The van der Waals surface area contributed by atoms with E-state index in [-0.39, 0.29) is 12.5 Å². The summed E-state index contributed by atoms with van der Waals surface area (Å²) in [6, 6.07) is 5.74. The summed E-state index contributed by atoms with van der Waals surface area (Å²) >= 11 is 0. The number of aromatic amines is 2. The van der Waals surface area contributed by atoms with Gasteiger partial charge < -0.3 is 15.0 Å². The van der Waals surface area contributed by atoms with Crippen LogP contribution in [0.4, 0.5) is 0 Å². The molecule has 1 aliphatic heterocycles. The van der Waals surface area contributed by atoms with Gasteiger partial charge in [0.15, 0.2) is 0 Å². The normalized spacial score (nSPS) is 20.9. The van der Waals surface area contributed by atoms with Crippen molar-refractivity contribution in [1.29, 1.82) is 0 Å². The third-order valence-electron chi connectivity index (χ3n) is 5.00. The van der Waals surface area contributed by atoms with Crippen molar-refractivity contribution >= 4 is 16.8 Å². The summed E-state index contributed by atoms with van der Waals surface area (Å²) in [4.78, 5) is 18.0. The maximum Gasteiger partial charge on any atom is 0.256 e. The zero-order chi connectivity index (χ0) is 16.9. The number of nitrogens with one attached hydrogen (secondary N) is 2. The number of fused-ring (bicyclic) bond motifs is 1. The van der Waals surface area contributed by atoms with Crippen molar-refractivity contribution in [2.45, 2.75) is 25.9 Å². The highest BCUT2D eigenvalue weighted by Crippen LogP contribution is 2.32. The summed E-state index contributed by atoms with van der Waals surface area (Å²) in [6.07, 6.45) is 1.95. The van der Waals surface area contributed by atoms with Gasteiger partial charge in [-0.2, -0.15) is 15.4 Å². The Morgan fingerprint density at radius 2 is 2.21 bits per heavy atom. The molecule has 7 nitrogen and oxygen atoms in total. The molecule has 1 saturated heterocycles. The molecule has 3 aromatic rings. The van der Waals surface area contributed by atoms with Crippen LogP contribution in [0.1, 0.15) is 33.7 Å². The average Bonchev–Trinajstić information content (AvgIpc) is 3.29. The number of aromatic nitrogens is 4. The Labute approximate surface area is 138 Å². The third kappa shape index (κ3) is 2.12. The van der Waals surface area contributed by atoms with Gasteiger partial charge in [-0.3, -0.25) is 4.79 Å². The molecule has 0 radical (unpaired) electrons. The van der Waals surface area contributed by atoms with Gasteiger partial charge in [0.25, 0.3) is 5.91 Å². The molecule has 24 heavy (non-hydrogen) atoms. The highest BCUT2D eigenvalue weighted by atomic mass is 16.3. The molecule has 1 aromatic carbocycles. The van der Waals surface area contributed by atoms with Crippen LogP contribution in [-0.2, 0) is 5.60 Å². The van der Waals surface area contributed by atoms with Gasteiger partial charge in [0.2, 0.25) is 0 Å². The van der Waals surface area contributed by atoms with E-state index in [1.807, 2.05) is 32.0 Å². The van der Waals surface area contributed by atoms with E-state index in [0.717, 1.165) is 22.2 Å². The maximum atomic E-state index is 13.0. The van der Waals surface area contributed by atoms with Gasteiger partial charge in [0, 0.05) is 24.0 Å². The van der Waals surface area contributed by atoms with Crippen LogP contribution in [0.15, 0.2) is 24.4 Å². The van der Waals surface area contributed by atoms with Gasteiger partial charge in [0.05, 0.1) is 23.8 Å². The molecule has 0 bridgehead atoms. The number of rotatable bonds is 2. The second-order valence-corrected chi connectivity index (χ2v) is 6.47. The minimum Gasteiger partial charge on any atom is -0.381 e. The van der Waals surface area contributed by atoms with E-state index in [1.165, 1.54) is 6.20 Å². The summed E-state index contributed by atoms with van der Waals surface area (Å²) in [5.74, 6) is -0.0822. The zero-order valence-electron chi connectivity index (χ0n) is 13.6. The molecule has 0 saturated carbocycles. The van der Waals surface area contributed by atoms with Crippen molar-refractivity contribution in [2.75, 3.05) is 13.1 Å². The Hall–Kier alpha value is -2.67. The Morgan fingerprint density at radius 1 is 1.38 bits per heavy atom. The Kier molecular flexibility index (Phi) is 3.21. The van der Waals surface area contributed by atoms with Crippen LogP contribution in [-0.4, -0.2) is 49.4 Å². The van der Waals surface area contributed by atoms with Crippen LogP contribution in [0.5, 0.6) is 0 Å². The van der Waals surface area contributed by atoms with E-state index in [0.29, 0.717) is 24.2 Å². The monoisotopic (exact) mass is 325 g/mol. The number of aliphatic hydroxyl groups is 1. The molecule has 2 aromatic heterocycles. The molecular formula is C17H19N5O2. The van der Waals surface area contributed by atoms with E-state index in [2.05, 4.69) is 20.4 Å². The zero-order valence-corrected chi connectivity index (χ0v) is 13.6. The van der Waals surface area contributed by atoms with Crippen LogP contribution in [0.2, 0.25) is 0 Å². The molecule has 7 heteroatoms. The first kappa shape index (κ1) is 14.9. The number of nitrogens with zero attached hydrogens (tertiary/aromatic N) is 3. The Bertz CT molecular complexity index is 915. The maximum absolute atomic E-state index is 13.0. The quantitative estimate of drug-likeness (QED) is 0.667. The molecule has 4 rings (SSSR count). The lowest BCUT2D eigenvalue weighted by Crippen LogP contribution is -2.34. The predicted octanol–water partition coefficient (Wildman–Crippen LogP) is 1.64. The lowest BCUT2D eigenvalue weighted by atomic mass is 10.00. The first-order valence-electron chi connectivity index (χ1n) is 7.95. The summed E-state index contributed by atoms with van der Waals surface area (Å²) in [5, 5.41) is 22.0. The van der Waals surface area contributed by atoms with Crippen molar-refractivity contribution in [3.05, 3.63) is 46.9 Å². The molecule has 0 spiro atoms. The number of amides is 1. The van der Waals surface area contributed by atoms with Crippen molar-refractivity contribution < 1.29 is 9.90 Å². The van der Waals surface area contributed by atoms with Crippen LogP contribution in [0.25, 0.3) is 10.9 Å². The number of hydrogen-bond donors (Lipinski definition) is 3. The van der Waals surface area contributed by atoms with Gasteiger partial charge in [0.1, 0.15) is 11.3 Å². The van der Waals surface area contributed by atoms with Crippen molar-refractivity contribution in [3.8, 4) is 0 Å². The van der Waals surface area contributed by atoms with Crippen LogP contribution < -0.4 is 0 Å². The van der Waals surface area contributed by atoms with Crippen LogP contribution in [0.3, 0.4) is 0 Å². The molecular weight excluding hydrogens is 306 g/mol. The highest BCUT2D eigenvalue weighted by molar-refractivity contribution is 6.06. The first-order valence-corrected chi connectivity index (χ1v) is 7.95. The second-order valence-electron chi connectivity index (χ2n) is 6.47. The number of aryl methyl sites for hydroxylation is 2. The van der Waals surface area contributed by atoms with Gasteiger partial charge >= 0.3 is 0 Å². The smallest absolute Gasteiger partial charge is 0.256 e. The molecule has 3 heterocycles. The fraction of sp³-hybridized carbons (Fsp3) is 0.353. The van der Waals surface area contributed by atoms with Crippen molar-refractivity contribution in [2.24, 2.45) is 0 Å².